The molecule has 1 saturated heterocycles. The van der Waals surface area contributed by atoms with Gasteiger partial charge >= 0.3 is 0 Å². The van der Waals surface area contributed by atoms with Gasteiger partial charge in [0.05, 0.1) is 5.69 Å². The summed E-state index contributed by atoms with van der Waals surface area (Å²) in [6, 6.07) is 7.70. The Hall–Kier alpha value is -2.63. The molecule has 6 heteroatoms. The zero-order chi connectivity index (χ0) is 19.7. The third-order valence-electron chi connectivity index (χ3n) is 5.87. The number of amides is 2. The molecule has 2 aromatic rings. The van der Waals surface area contributed by atoms with Gasteiger partial charge in [0, 0.05) is 25.3 Å². The molecule has 2 amide bonds. The van der Waals surface area contributed by atoms with Crippen molar-refractivity contribution in [2.45, 2.75) is 52.5 Å². The van der Waals surface area contributed by atoms with E-state index in [2.05, 4.69) is 17.2 Å². The Kier molecular flexibility index (Phi) is 5.20. The first-order valence-corrected chi connectivity index (χ1v) is 10.3. The summed E-state index contributed by atoms with van der Waals surface area (Å²) in [7, 11) is 0. The van der Waals surface area contributed by atoms with Crippen molar-refractivity contribution >= 4 is 17.5 Å². The molecule has 0 atom stereocenters. The van der Waals surface area contributed by atoms with E-state index in [9.17, 15) is 9.59 Å². The van der Waals surface area contributed by atoms with E-state index in [4.69, 9.17) is 0 Å². The van der Waals surface area contributed by atoms with Crippen molar-refractivity contribution in [1.29, 1.82) is 0 Å². The van der Waals surface area contributed by atoms with Crippen LogP contribution in [0.1, 0.15) is 65.0 Å². The zero-order valence-electron chi connectivity index (χ0n) is 16.7. The third-order valence-corrected chi connectivity index (χ3v) is 5.87. The number of nitrogens with one attached hydrogen (secondary N) is 1. The molecule has 0 radical (unpaired) electrons. The molecule has 0 saturated carbocycles. The monoisotopic (exact) mass is 380 g/mol. The molecule has 4 rings (SSSR count). The predicted molar refractivity (Wildman–Crippen MR) is 109 cm³/mol. The van der Waals surface area contributed by atoms with Crippen molar-refractivity contribution in [1.82, 2.24) is 14.5 Å². The molecule has 1 N–H and O–H groups in total. The third kappa shape index (κ3) is 3.68. The fourth-order valence-corrected chi connectivity index (χ4v) is 4.16. The topological polar surface area (TPSA) is 67.2 Å². The van der Waals surface area contributed by atoms with E-state index in [1.54, 1.807) is 0 Å². The van der Waals surface area contributed by atoms with Crippen LogP contribution in [0.3, 0.4) is 0 Å². The lowest BCUT2D eigenvalue weighted by Crippen LogP contribution is -2.38. The van der Waals surface area contributed by atoms with Gasteiger partial charge in [0.2, 0.25) is 0 Å². The number of likely N-dealkylation sites (tertiary alicyclic amines) is 1. The van der Waals surface area contributed by atoms with E-state index in [1.807, 2.05) is 40.7 Å². The van der Waals surface area contributed by atoms with Crippen LogP contribution in [0.15, 0.2) is 24.3 Å². The van der Waals surface area contributed by atoms with E-state index in [1.165, 1.54) is 0 Å². The molecule has 28 heavy (non-hydrogen) atoms. The van der Waals surface area contributed by atoms with Crippen LogP contribution >= 0.6 is 0 Å². The Morgan fingerprint density at radius 1 is 1.14 bits per heavy atom. The quantitative estimate of drug-likeness (QED) is 0.884. The van der Waals surface area contributed by atoms with Gasteiger partial charge in [0.1, 0.15) is 5.69 Å². The molecule has 2 aliphatic heterocycles. The maximum absolute atomic E-state index is 13.1. The van der Waals surface area contributed by atoms with Gasteiger partial charge in [-0.15, -0.1) is 0 Å². The molecule has 0 unspecified atom stereocenters. The fourth-order valence-electron chi connectivity index (χ4n) is 4.16. The molecule has 1 aromatic heterocycles. The Bertz CT molecular complexity index is 894. The molecule has 0 aliphatic carbocycles. The number of carbonyl (C=O) groups is 2. The molecule has 148 valence electrons. The summed E-state index contributed by atoms with van der Waals surface area (Å²) in [5.74, 6) is 0.743. The Balaban J connectivity index is 1.61. The zero-order valence-corrected chi connectivity index (χ0v) is 16.7. The number of hydrogen-bond acceptors (Lipinski definition) is 3. The first-order chi connectivity index (χ1) is 13.5. The van der Waals surface area contributed by atoms with Gasteiger partial charge in [0.15, 0.2) is 5.82 Å². The van der Waals surface area contributed by atoms with E-state index < -0.39 is 0 Å². The minimum Gasteiger partial charge on any atom is -0.337 e. The number of rotatable bonds is 3. The molecular formula is C22H28N4O2. The highest BCUT2D eigenvalue weighted by atomic mass is 16.2. The van der Waals surface area contributed by atoms with Crippen LogP contribution in [-0.2, 0) is 13.0 Å². The minimum absolute atomic E-state index is 0.0212. The van der Waals surface area contributed by atoms with Gasteiger partial charge in [-0.3, -0.25) is 9.59 Å². The second-order valence-electron chi connectivity index (χ2n) is 8.14. The molecule has 0 spiro atoms. The van der Waals surface area contributed by atoms with Gasteiger partial charge in [0.25, 0.3) is 11.8 Å². The van der Waals surface area contributed by atoms with Crippen LogP contribution in [-0.4, -0.2) is 39.4 Å². The Morgan fingerprint density at radius 3 is 2.68 bits per heavy atom. The largest absolute Gasteiger partial charge is 0.337 e. The van der Waals surface area contributed by atoms with Crippen molar-refractivity contribution in [3.05, 3.63) is 47.0 Å². The molecule has 3 heterocycles. The van der Waals surface area contributed by atoms with Crippen LogP contribution in [0, 0.1) is 12.8 Å². The fraction of sp³-hybridized carbons (Fsp3) is 0.500. The summed E-state index contributed by atoms with van der Waals surface area (Å²) < 4.78 is 1.95. The van der Waals surface area contributed by atoms with Gasteiger partial charge in [-0.1, -0.05) is 19.1 Å². The van der Waals surface area contributed by atoms with Crippen molar-refractivity contribution in [2.24, 2.45) is 5.92 Å². The molecular weight excluding hydrogens is 352 g/mol. The molecule has 1 fully saturated rings. The predicted octanol–water partition coefficient (Wildman–Crippen LogP) is 3.65. The van der Waals surface area contributed by atoms with Crippen LogP contribution in [0.25, 0.3) is 0 Å². The van der Waals surface area contributed by atoms with E-state index in [-0.39, 0.29) is 11.8 Å². The number of aromatic nitrogens is 2. The van der Waals surface area contributed by atoms with Gasteiger partial charge in [-0.05, 0) is 62.6 Å². The van der Waals surface area contributed by atoms with Crippen LogP contribution in [0.5, 0.6) is 0 Å². The molecule has 6 nitrogen and oxygen atoms in total. The number of anilines is 1. The summed E-state index contributed by atoms with van der Waals surface area (Å²) in [6.45, 7) is 6.51. The summed E-state index contributed by atoms with van der Waals surface area (Å²) in [4.78, 5) is 32.5. The lowest BCUT2D eigenvalue weighted by Gasteiger charge is -2.30. The lowest BCUT2D eigenvalue weighted by molar-refractivity contribution is 0.0690. The second kappa shape index (κ2) is 7.78. The summed E-state index contributed by atoms with van der Waals surface area (Å²) in [5.41, 5.74) is 3.22. The number of hydrogen-bond donors (Lipinski definition) is 1. The van der Waals surface area contributed by atoms with Gasteiger partial charge in [-0.25, -0.2) is 4.98 Å². The van der Waals surface area contributed by atoms with Crippen molar-refractivity contribution in [3.63, 3.8) is 0 Å². The Labute approximate surface area is 165 Å². The van der Waals surface area contributed by atoms with Gasteiger partial charge in [-0.2, -0.15) is 0 Å². The van der Waals surface area contributed by atoms with Crippen LogP contribution in [0.2, 0.25) is 0 Å². The highest BCUT2D eigenvalue weighted by molar-refractivity contribution is 6.03. The van der Waals surface area contributed by atoms with Crippen molar-refractivity contribution < 1.29 is 9.59 Å². The normalized spacial score (nSPS) is 17.3. The lowest BCUT2D eigenvalue weighted by atomic mass is 9.98. The Morgan fingerprint density at radius 2 is 1.93 bits per heavy atom. The maximum Gasteiger partial charge on any atom is 0.291 e. The molecule has 1 aromatic carbocycles. The minimum atomic E-state index is -0.250. The summed E-state index contributed by atoms with van der Waals surface area (Å²) >= 11 is 0. The van der Waals surface area contributed by atoms with Crippen molar-refractivity contribution in [2.75, 3.05) is 18.4 Å². The number of benzene rings is 1. The highest BCUT2D eigenvalue weighted by Crippen LogP contribution is 2.25. The number of nitrogens with zero attached hydrogens (tertiary/aromatic N) is 3. The van der Waals surface area contributed by atoms with E-state index in [0.717, 1.165) is 68.7 Å². The average Bonchev–Trinajstić information content (AvgIpc) is 3.08. The number of fused-ring (bicyclic) bond motifs is 1. The van der Waals surface area contributed by atoms with Crippen LogP contribution in [0.4, 0.5) is 5.69 Å². The highest BCUT2D eigenvalue weighted by Gasteiger charge is 2.31. The van der Waals surface area contributed by atoms with Gasteiger partial charge < -0.3 is 14.8 Å². The summed E-state index contributed by atoms with van der Waals surface area (Å²) in [5, 5.41) is 2.94. The van der Waals surface area contributed by atoms with E-state index in [0.29, 0.717) is 17.4 Å². The SMILES string of the molecule is Cc1cccc(NC(=O)c2nc(C(=O)N3CCC(C)CC3)c3n2CCCC3)c1. The maximum atomic E-state index is 13.1. The molecule has 2 aliphatic rings. The van der Waals surface area contributed by atoms with Crippen molar-refractivity contribution in [3.8, 4) is 0 Å². The number of imidazole rings is 1. The first-order valence-electron chi connectivity index (χ1n) is 10.3. The van der Waals surface area contributed by atoms with Crippen LogP contribution < -0.4 is 5.32 Å². The second-order valence-corrected chi connectivity index (χ2v) is 8.14. The summed E-state index contributed by atoms with van der Waals surface area (Å²) in [6.07, 6.45) is 4.89. The number of piperidine rings is 1. The average molecular weight is 380 g/mol. The molecule has 0 bridgehead atoms. The standard InChI is InChI=1S/C22H28N4O2/c1-15-9-12-25(13-10-15)22(28)19-18-8-3-4-11-26(18)20(24-19)21(27)23-17-7-5-6-16(2)14-17/h5-7,14-15H,3-4,8-13H2,1-2H3,(H,23,27). The first kappa shape index (κ1) is 18.7. The smallest absolute Gasteiger partial charge is 0.291 e. The number of aryl methyl sites for hydroxylation is 1. The van der Waals surface area contributed by atoms with E-state index >= 15 is 0 Å². The number of carbonyl (C=O) groups excluding carboxylic acids is 2.